The highest BCUT2D eigenvalue weighted by Crippen LogP contribution is 1.99. The van der Waals surface area contributed by atoms with E-state index in [0.717, 1.165) is 24.2 Å². The van der Waals surface area contributed by atoms with Gasteiger partial charge in [-0.15, -0.1) is 0 Å². The molecule has 6 heteroatoms. The third-order valence-corrected chi connectivity index (χ3v) is 2.80. The van der Waals surface area contributed by atoms with Gasteiger partial charge < -0.3 is 15.6 Å². The highest BCUT2D eigenvalue weighted by molar-refractivity contribution is 7.98. The Bertz CT molecular complexity index is 158. The van der Waals surface area contributed by atoms with E-state index in [2.05, 4.69) is 5.32 Å². The fraction of sp³-hybridized carbons (Fsp3) is 0.875. The highest BCUT2D eigenvalue weighted by atomic mass is 32.2. The van der Waals surface area contributed by atoms with Crippen molar-refractivity contribution in [1.29, 1.82) is 0 Å². The van der Waals surface area contributed by atoms with Gasteiger partial charge in [-0.05, 0) is 36.9 Å². The first-order chi connectivity index (χ1) is 6.72. The van der Waals surface area contributed by atoms with Gasteiger partial charge in [0.05, 0.1) is 6.04 Å². The third kappa shape index (κ3) is 7.49. The number of hydrogen-bond acceptors (Lipinski definition) is 5. The van der Waals surface area contributed by atoms with Gasteiger partial charge in [-0.2, -0.15) is 11.8 Å². The molecular formula is C8H18N2O2S2. The van der Waals surface area contributed by atoms with Crippen LogP contribution in [0.25, 0.3) is 0 Å². The maximum Gasteiger partial charge on any atom is 0.236 e. The van der Waals surface area contributed by atoms with Crippen LogP contribution in [0.3, 0.4) is 0 Å². The van der Waals surface area contributed by atoms with E-state index >= 15 is 0 Å². The number of nitrogens with two attached hydrogens (primary N) is 1. The second-order valence-electron chi connectivity index (χ2n) is 2.87. The van der Waals surface area contributed by atoms with Gasteiger partial charge in [0.1, 0.15) is 0 Å². The Balaban J connectivity index is 3.42. The smallest absolute Gasteiger partial charge is 0.236 e. The second-order valence-corrected chi connectivity index (χ2v) is 4.52. The summed E-state index contributed by atoms with van der Waals surface area (Å²) in [6, 6.07) is -0.399. The van der Waals surface area contributed by atoms with Crippen LogP contribution in [0.1, 0.15) is 12.8 Å². The average Bonchev–Trinajstić information content (AvgIpc) is 2.20. The highest BCUT2D eigenvalue weighted by Gasteiger charge is 2.11. The minimum atomic E-state index is -0.399. The van der Waals surface area contributed by atoms with E-state index in [1.165, 1.54) is 0 Å². The quantitative estimate of drug-likeness (QED) is 0.430. The standard InChI is InChI=1S/C8H18N2O2S2/c1-13-6-3-7(9)8(11)10-4-2-5-14-12/h7,12H,2-6,9H2,1H3,(H,10,11). The Kier molecular flexibility index (Phi) is 9.70. The van der Waals surface area contributed by atoms with Crippen LogP contribution in [-0.2, 0) is 4.79 Å². The van der Waals surface area contributed by atoms with Crippen LogP contribution >= 0.6 is 23.8 Å². The van der Waals surface area contributed by atoms with E-state index in [4.69, 9.17) is 10.3 Å². The first-order valence-corrected chi connectivity index (χ1v) is 6.84. The van der Waals surface area contributed by atoms with Crippen molar-refractivity contribution in [3.63, 3.8) is 0 Å². The van der Waals surface area contributed by atoms with Gasteiger partial charge in [-0.1, -0.05) is 0 Å². The predicted octanol–water partition coefficient (Wildman–Crippen LogP) is 0.779. The molecule has 0 bridgehead atoms. The monoisotopic (exact) mass is 238 g/mol. The van der Waals surface area contributed by atoms with Crippen molar-refractivity contribution in [2.75, 3.05) is 24.3 Å². The number of thioether (sulfide) groups is 1. The Hall–Kier alpha value is 0.0900. The molecule has 0 radical (unpaired) electrons. The molecule has 14 heavy (non-hydrogen) atoms. The van der Waals surface area contributed by atoms with Gasteiger partial charge in [0.15, 0.2) is 0 Å². The largest absolute Gasteiger partial charge is 0.355 e. The molecule has 84 valence electrons. The molecule has 0 aromatic carbocycles. The third-order valence-electron chi connectivity index (χ3n) is 1.68. The van der Waals surface area contributed by atoms with E-state index in [9.17, 15) is 4.79 Å². The summed E-state index contributed by atoms with van der Waals surface area (Å²) in [5.74, 6) is 1.45. The SMILES string of the molecule is CSCCC(N)C(=O)NCCCSO. The lowest BCUT2D eigenvalue weighted by atomic mass is 10.2. The second kappa shape index (κ2) is 9.64. The number of carbonyl (C=O) groups excluding carboxylic acids is 1. The zero-order valence-electron chi connectivity index (χ0n) is 8.36. The fourth-order valence-corrected chi connectivity index (χ4v) is 1.62. The van der Waals surface area contributed by atoms with Crippen LogP contribution in [0.2, 0.25) is 0 Å². The zero-order valence-corrected chi connectivity index (χ0v) is 10.00. The van der Waals surface area contributed by atoms with Gasteiger partial charge in [-0.3, -0.25) is 4.79 Å². The number of nitrogens with one attached hydrogen (secondary N) is 1. The molecule has 1 unspecified atom stereocenters. The lowest BCUT2D eigenvalue weighted by molar-refractivity contribution is -0.122. The summed E-state index contributed by atoms with van der Waals surface area (Å²) in [5.41, 5.74) is 5.64. The topological polar surface area (TPSA) is 75.4 Å². The normalized spacial score (nSPS) is 12.5. The molecule has 0 aromatic heterocycles. The molecule has 0 aromatic rings. The van der Waals surface area contributed by atoms with Crippen LogP contribution in [0.4, 0.5) is 0 Å². The van der Waals surface area contributed by atoms with Crippen LogP contribution in [-0.4, -0.2) is 40.8 Å². The maximum absolute atomic E-state index is 11.3. The molecular weight excluding hydrogens is 220 g/mol. The lowest BCUT2D eigenvalue weighted by Crippen LogP contribution is -2.41. The maximum atomic E-state index is 11.3. The van der Waals surface area contributed by atoms with Gasteiger partial charge in [-0.25, -0.2) is 0 Å². The Morgan fingerprint density at radius 1 is 1.57 bits per heavy atom. The van der Waals surface area contributed by atoms with Crippen LogP contribution in [0.5, 0.6) is 0 Å². The van der Waals surface area contributed by atoms with Gasteiger partial charge >= 0.3 is 0 Å². The van der Waals surface area contributed by atoms with Crippen LogP contribution in [0.15, 0.2) is 0 Å². The van der Waals surface area contributed by atoms with E-state index in [-0.39, 0.29) is 5.91 Å². The van der Waals surface area contributed by atoms with Crippen molar-refractivity contribution in [3.05, 3.63) is 0 Å². The minimum absolute atomic E-state index is 0.0954. The van der Waals surface area contributed by atoms with Crippen molar-refractivity contribution in [3.8, 4) is 0 Å². The average molecular weight is 238 g/mol. The summed E-state index contributed by atoms with van der Waals surface area (Å²) < 4.78 is 8.43. The predicted molar refractivity (Wildman–Crippen MR) is 63.7 cm³/mol. The zero-order chi connectivity index (χ0) is 10.8. The van der Waals surface area contributed by atoms with Gasteiger partial charge in [0.25, 0.3) is 0 Å². The van der Waals surface area contributed by atoms with E-state index < -0.39 is 6.04 Å². The number of hydrogen-bond donors (Lipinski definition) is 3. The number of amides is 1. The molecule has 1 atom stereocenters. The Morgan fingerprint density at radius 2 is 2.29 bits per heavy atom. The summed E-state index contributed by atoms with van der Waals surface area (Å²) in [7, 11) is 0. The molecule has 0 saturated heterocycles. The molecule has 0 saturated carbocycles. The van der Waals surface area contributed by atoms with Crippen LogP contribution < -0.4 is 11.1 Å². The Labute approximate surface area is 93.6 Å². The summed E-state index contributed by atoms with van der Waals surface area (Å²) in [5, 5.41) is 2.73. The summed E-state index contributed by atoms with van der Waals surface area (Å²) in [4.78, 5) is 11.3. The van der Waals surface area contributed by atoms with Crippen molar-refractivity contribution in [2.45, 2.75) is 18.9 Å². The lowest BCUT2D eigenvalue weighted by Gasteiger charge is -2.10. The van der Waals surface area contributed by atoms with Gasteiger partial charge in [0.2, 0.25) is 5.91 Å². The first-order valence-electron chi connectivity index (χ1n) is 4.51. The minimum Gasteiger partial charge on any atom is -0.355 e. The summed E-state index contributed by atoms with van der Waals surface area (Å²) in [6.45, 7) is 0.583. The summed E-state index contributed by atoms with van der Waals surface area (Å²) in [6.07, 6.45) is 3.47. The molecule has 1 amide bonds. The van der Waals surface area contributed by atoms with E-state index in [1.807, 2.05) is 6.26 Å². The van der Waals surface area contributed by atoms with E-state index in [0.29, 0.717) is 18.7 Å². The first kappa shape index (κ1) is 14.1. The molecule has 0 heterocycles. The molecule has 4 nitrogen and oxygen atoms in total. The summed E-state index contributed by atoms with van der Waals surface area (Å²) >= 11 is 2.47. The van der Waals surface area contributed by atoms with Crippen molar-refractivity contribution >= 4 is 29.7 Å². The molecule has 0 aliphatic rings. The molecule has 0 aliphatic carbocycles. The van der Waals surface area contributed by atoms with Crippen molar-refractivity contribution < 1.29 is 9.35 Å². The number of carbonyl (C=O) groups is 1. The molecule has 0 spiro atoms. The van der Waals surface area contributed by atoms with Crippen molar-refractivity contribution in [2.24, 2.45) is 5.73 Å². The molecule has 0 fully saturated rings. The van der Waals surface area contributed by atoms with Crippen molar-refractivity contribution in [1.82, 2.24) is 5.32 Å². The fourth-order valence-electron chi connectivity index (χ4n) is 0.855. The van der Waals surface area contributed by atoms with Gasteiger partial charge in [0, 0.05) is 12.3 Å². The molecule has 4 N–H and O–H groups in total. The van der Waals surface area contributed by atoms with E-state index in [1.54, 1.807) is 11.8 Å². The number of rotatable bonds is 8. The molecule has 0 rings (SSSR count). The van der Waals surface area contributed by atoms with Crippen LogP contribution in [0, 0.1) is 0 Å². The molecule has 0 aliphatic heterocycles. The Morgan fingerprint density at radius 3 is 2.86 bits per heavy atom.